The molecular formula is C19H17ClN2O3. The van der Waals surface area contributed by atoms with Gasteiger partial charge in [0.15, 0.2) is 0 Å². The smallest absolute Gasteiger partial charge is 0.244 e. The zero-order valence-corrected chi connectivity index (χ0v) is 14.4. The van der Waals surface area contributed by atoms with Crippen molar-refractivity contribution in [3.8, 4) is 11.6 Å². The van der Waals surface area contributed by atoms with Crippen LogP contribution in [0.2, 0.25) is 5.02 Å². The minimum Gasteiger partial charge on any atom is -0.488 e. The molecule has 2 heterocycles. The molecule has 3 rings (SSSR count). The highest BCUT2D eigenvalue weighted by molar-refractivity contribution is 6.30. The van der Waals surface area contributed by atoms with Gasteiger partial charge in [-0.25, -0.2) is 4.98 Å². The van der Waals surface area contributed by atoms with Crippen molar-refractivity contribution in [2.75, 3.05) is 13.7 Å². The number of fused-ring (bicyclic) bond motifs is 1. The summed E-state index contributed by atoms with van der Waals surface area (Å²) in [5, 5.41) is 3.46. The van der Waals surface area contributed by atoms with Gasteiger partial charge in [0.05, 0.1) is 7.11 Å². The average Bonchev–Trinajstić information content (AvgIpc) is 2.64. The molecule has 6 heteroatoms. The number of carbonyl (C=O) groups is 1. The minimum absolute atomic E-state index is 0.186. The van der Waals surface area contributed by atoms with Gasteiger partial charge in [-0.2, -0.15) is 0 Å². The predicted octanol–water partition coefficient (Wildman–Crippen LogP) is 3.39. The quantitative estimate of drug-likeness (QED) is 0.834. The van der Waals surface area contributed by atoms with E-state index in [0.717, 1.165) is 22.4 Å². The molecule has 25 heavy (non-hydrogen) atoms. The van der Waals surface area contributed by atoms with Crippen LogP contribution in [0.25, 0.3) is 6.08 Å². The molecule has 0 saturated heterocycles. The number of aromatic nitrogens is 1. The molecule has 1 aliphatic rings. The first kappa shape index (κ1) is 17.0. The summed E-state index contributed by atoms with van der Waals surface area (Å²) in [6.45, 7) is 0.814. The third-order valence-corrected chi connectivity index (χ3v) is 3.86. The maximum atomic E-state index is 11.9. The van der Waals surface area contributed by atoms with Crippen molar-refractivity contribution in [1.29, 1.82) is 0 Å². The number of nitrogens with one attached hydrogen (secondary N) is 1. The van der Waals surface area contributed by atoms with E-state index in [-0.39, 0.29) is 5.91 Å². The summed E-state index contributed by atoms with van der Waals surface area (Å²) in [5.41, 5.74) is 2.70. The Morgan fingerprint density at radius 1 is 1.40 bits per heavy atom. The molecule has 5 nitrogen and oxygen atoms in total. The van der Waals surface area contributed by atoms with E-state index >= 15 is 0 Å². The Balaban J connectivity index is 1.57. The van der Waals surface area contributed by atoms with Crippen LogP contribution in [0.15, 0.2) is 54.3 Å². The Bertz CT molecular complexity index is 829. The number of carbonyl (C=O) groups excluding carboxylic acids is 1. The molecule has 0 unspecified atom stereocenters. The van der Waals surface area contributed by atoms with Crippen molar-refractivity contribution in [2.45, 2.75) is 6.54 Å². The van der Waals surface area contributed by atoms with E-state index < -0.39 is 0 Å². The van der Waals surface area contributed by atoms with E-state index in [1.54, 1.807) is 31.5 Å². The SMILES string of the molecule is COc1ccc(CNC(=O)/C=C\C2=Cc3cc(Cl)ccc3OC2)cn1. The molecule has 128 valence electrons. The number of amides is 1. The molecule has 0 fully saturated rings. The lowest BCUT2D eigenvalue weighted by Crippen LogP contribution is -2.20. The van der Waals surface area contributed by atoms with Gasteiger partial charge >= 0.3 is 0 Å². The Morgan fingerprint density at radius 3 is 3.04 bits per heavy atom. The highest BCUT2D eigenvalue weighted by Gasteiger charge is 2.10. The summed E-state index contributed by atoms with van der Waals surface area (Å²) in [6, 6.07) is 9.07. The van der Waals surface area contributed by atoms with Crippen LogP contribution in [0, 0.1) is 0 Å². The summed E-state index contributed by atoms with van der Waals surface area (Å²) in [6.07, 6.45) is 6.86. The zero-order valence-electron chi connectivity index (χ0n) is 13.7. The second-order valence-electron chi connectivity index (χ2n) is 5.45. The monoisotopic (exact) mass is 356 g/mol. The summed E-state index contributed by atoms with van der Waals surface area (Å²) in [5.74, 6) is 1.14. The van der Waals surface area contributed by atoms with E-state index in [1.165, 1.54) is 6.08 Å². The summed E-state index contributed by atoms with van der Waals surface area (Å²) < 4.78 is 10.6. The molecule has 1 aliphatic heterocycles. The number of rotatable bonds is 5. The molecule has 0 spiro atoms. The Hall–Kier alpha value is -2.79. The van der Waals surface area contributed by atoms with Crippen LogP contribution in [-0.2, 0) is 11.3 Å². The van der Waals surface area contributed by atoms with Gasteiger partial charge in [-0.15, -0.1) is 0 Å². The second kappa shape index (κ2) is 7.85. The Kier molecular flexibility index (Phi) is 5.36. The number of hydrogen-bond acceptors (Lipinski definition) is 4. The van der Waals surface area contributed by atoms with Crippen molar-refractivity contribution in [3.63, 3.8) is 0 Å². The van der Waals surface area contributed by atoms with E-state index in [4.69, 9.17) is 21.1 Å². The summed E-state index contributed by atoms with van der Waals surface area (Å²) in [4.78, 5) is 16.0. The maximum Gasteiger partial charge on any atom is 0.244 e. The molecule has 0 bridgehead atoms. The largest absolute Gasteiger partial charge is 0.488 e. The molecule has 1 aromatic carbocycles. The standard InChI is InChI=1S/C19H17ClN2O3/c1-24-19-7-3-14(11-22-19)10-21-18(23)6-2-13-8-15-9-16(20)4-5-17(15)25-12-13/h2-9,11H,10,12H2,1H3,(H,21,23)/b6-2-. The lowest BCUT2D eigenvalue weighted by Gasteiger charge is -2.16. The fourth-order valence-electron chi connectivity index (χ4n) is 2.33. The molecule has 0 aliphatic carbocycles. The number of benzene rings is 1. The number of pyridine rings is 1. The van der Waals surface area contributed by atoms with Crippen LogP contribution >= 0.6 is 11.6 Å². The number of ether oxygens (including phenoxy) is 2. The normalized spacial score (nSPS) is 13.0. The lowest BCUT2D eigenvalue weighted by atomic mass is 10.1. The van der Waals surface area contributed by atoms with Crippen LogP contribution in [0.1, 0.15) is 11.1 Å². The Morgan fingerprint density at radius 2 is 2.28 bits per heavy atom. The van der Waals surface area contributed by atoms with Crippen molar-refractivity contribution in [1.82, 2.24) is 10.3 Å². The molecule has 1 aromatic heterocycles. The zero-order chi connectivity index (χ0) is 17.6. The third kappa shape index (κ3) is 4.61. The summed E-state index contributed by atoms with van der Waals surface area (Å²) in [7, 11) is 1.56. The van der Waals surface area contributed by atoms with E-state index in [1.807, 2.05) is 24.3 Å². The highest BCUT2D eigenvalue weighted by atomic mass is 35.5. The first-order chi connectivity index (χ1) is 12.1. The van der Waals surface area contributed by atoms with Crippen LogP contribution in [0.4, 0.5) is 0 Å². The van der Waals surface area contributed by atoms with Gasteiger partial charge in [-0.1, -0.05) is 23.7 Å². The van der Waals surface area contributed by atoms with Crippen LogP contribution in [0.5, 0.6) is 11.6 Å². The van der Waals surface area contributed by atoms with Gasteiger partial charge in [0.25, 0.3) is 0 Å². The molecule has 0 saturated carbocycles. The van der Waals surface area contributed by atoms with Crippen molar-refractivity contribution in [3.05, 3.63) is 70.4 Å². The second-order valence-corrected chi connectivity index (χ2v) is 5.89. The lowest BCUT2D eigenvalue weighted by molar-refractivity contribution is -0.116. The molecular weight excluding hydrogens is 340 g/mol. The number of hydrogen-bond donors (Lipinski definition) is 1. The summed E-state index contributed by atoms with van der Waals surface area (Å²) >= 11 is 5.99. The number of methoxy groups -OCH3 is 1. The van der Waals surface area contributed by atoms with E-state index in [9.17, 15) is 4.79 Å². The van der Waals surface area contributed by atoms with Crippen molar-refractivity contribution >= 4 is 23.6 Å². The predicted molar refractivity (Wildman–Crippen MR) is 96.7 cm³/mol. The van der Waals surface area contributed by atoms with E-state index in [2.05, 4.69) is 10.3 Å². The third-order valence-electron chi connectivity index (χ3n) is 3.63. The molecule has 1 amide bonds. The van der Waals surface area contributed by atoms with Gasteiger partial charge in [-0.05, 0) is 35.4 Å². The first-order valence-corrected chi connectivity index (χ1v) is 8.09. The molecule has 0 radical (unpaired) electrons. The molecule has 1 N–H and O–H groups in total. The van der Waals surface area contributed by atoms with Crippen LogP contribution < -0.4 is 14.8 Å². The fraction of sp³-hybridized carbons (Fsp3) is 0.158. The topological polar surface area (TPSA) is 60.5 Å². The van der Waals surface area contributed by atoms with Gasteiger partial charge in [0, 0.05) is 35.5 Å². The van der Waals surface area contributed by atoms with Crippen LogP contribution in [0.3, 0.4) is 0 Å². The number of halogens is 1. The van der Waals surface area contributed by atoms with Gasteiger partial charge in [0.1, 0.15) is 12.4 Å². The van der Waals surface area contributed by atoms with E-state index in [0.29, 0.717) is 24.1 Å². The van der Waals surface area contributed by atoms with Gasteiger partial charge in [0.2, 0.25) is 11.8 Å². The Labute approximate surface area is 150 Å². The highest BCUT2D eigenvalue weighted by Crippen LogP contribution is 2.29. The molecule has 0 atom stereocenters. The van der Waals surface area contributed by atoms with Crippen molar-refractivity contribution < 1.29 is 14.3 Å². The van der Waals surface area contributed by atoms with Crippen LogP contribution in [-0.4, -0.2) is 24.6 Å². The maximum absolute atomic E-state index is 11.9. The van der Waals surface area contributed by atoms with Gasteiger partial charge in [-0.3, -0.25) is 4.79 Å². The number of nitrogens with zero attached hydrogens (tertiary/aromatic N) is 1. The first-order valence-electron chi connectivity index (χ1n) is 7.72. The average molecular weight is 357 g/mol. The van der Waals surface area contributed by atoms with Crippen molar-refractivity contribution in [2.24, 2.45) is 0 Å². The minimum atomic E-state index is -0.186. The van der Waals surface area contributed by atoms with Gasteiger partial charge < -0.3 is 14.8 Å². The molecule has 2 aromatic rings. The fourth-order valence-corrected chi connectivity index (χ4v) is 2.51.